The van der Waals surface area contributed by atoms with Gasteiger partial charge in [-0.15, -0.1) is 0 Å². The minimum absolute atomic E-state index is 0.113. The van der Waals surface area contributed by atoms with Gasteiger partial charge in [-0.25, -0.2) is 4.39 Å². The number of ether oxygens (including phenoxy) is 1. The molecule has 22 heavy (non-hydrogen) atoms. The maximum absolute atomic E-state index is 13.1. The Bertz CT molecular complexity index is 718. The van der Waals surface area contributed by atoms with Gasteiger partial charge in [-0.1, -0.05) is 6.07 Å². The molecule has 2 rings (SSSR count). The van der Waals surface area contributed by atoms with E-state index >= 15 is 0 Å². The van der Waals surface area contributed by atoms with Crippen LogP contribution in [0, 0.1) is 9.39 Å². The summed E-state index contributed by atoms with van der Waals surface area (Å²) in [5.41, 5.74) is 0.772. The summed E-state index contributed by atoms with van der Waals surface area (Å²) < 4.78 is 19.5. The molecule has 0 aliphatic rings. The Morgan fingerprint density at radius 2 is 2.00 bits per heavy atom. The third-order valence-corrected chi connectivity index (χ3v) is 3.46. The lowest BCUT2D eigenvalue weighted by Gasteiger charge is -2.10. The van der Waals surface area contributed by atoms with Crippen molar-refractivity contribution < 1.29 is 18.7 Å². The maximum atomic E-state index is 13.1. The van der Waals surface area contributed by atoms with Gasteiger partial charge >= 0.3 is 0 Å². The number of carbonyl (C=O) groups excluding carboxylic acids is 2. The zero-order valence-electron chi connectivity index (χ0n) is 11.7. The van der Waals surface area contributed by atoms with Gasteiger partial charge in [0.25, 0.3) is 5.91 Å². The van der Waals surface area contributed by atoms with Crippen LogP contribution in [0.25, 0.3) is 0 Å². The molecule has 0 heterocycles. The molecule has 1 N–H and O–H groups in total. The minimum atomic E-state index is -0.527. The van der Waals surface area contributed by atoms with Crippen LogP contribution in [0.1, 0.15) is 17.3 Å². The Balaban J connectivity index is 2.01. The van der Waals surface area contributed by atoms with Gasteiger partial charge in [-0.05, 0) is 65.9 Å². The van der Waals surface area contributed by atoms with E-state index in [1.807, 2.05) is 18.2 Å². The monoisotopic (exact) mass is 413 g/mol. The van der Waals surface area contributed by atoms with Crippen LogP contribution in [-0.4, -0.2) is 18.3 Å². The summed E-state index contributed by atoms with van der Waals surface area (Å²) in [6.45, 7) is 1.05. The highest BCUT2D eigenvalue weighted by molar-refractivity contribution is 14.1. The lowest BCUT2D eigenvalue weighted by Crippen LogP contribution is -2.20. The number of rotatable bonds is 5. The Morgan fingerprint density at radius 1 is 1.23 bits per heavy atom. The van der Waals surface area contributed by atoms with E-state index in [1.165, 1.54) is 19.1 Å². The number of halogens is 2. The Kier molecular flexibility index (Phi) is 5.48. The Morgan fingerprint density at radius 3 is 2.68 bits per heavy atom. The average molecular weight is 413 g/mol. The molecule has 0 saturated heterocycles. The van der Waals surface area contributed by atoms with Crippen LogP contribution >= 0.6 is 22.6 Å². The van der Waals surface area contributed by atoms with Crippen molar-refractivity contribution in [3.8, 4) is 5.75 Å². The van der Waals surface area contributed by atoms with E-state index in [0.717, 1.165) is 9.64 Å². The van der Waals surface area contributed by atoms with E-state index in [2.05, 4.69) is 27.9 Å². The van der Waals surface area contributed by atoms with Gasteiger partial charge < -0.3 is 10.1 Å². The zero-order valence-corrected chi connectivity index (χ0v) is 13.9. The highest BCUT2D eigenvalue weighted by atomic mass is 127. The third kappa shape index (κ3) is 4.52. The molecular formula is C16H13FINO3. The van der Waals surface area contributed by atoms with Crippen molar-refractivity contribution in [1.82, 2.24) is 0 Å². The van der Waals surface area contributed by atoms with Crippen molar-refractivity contribution in [3.05, 3.63) is 57.4 Å². The van der Waals surface area contributed by atoms with Crippen LogP contribution in [0.4, 0.5) is 10.1 Å². The highest BCUT2D eigenvalue weighted by Gasteiger charge is 2.12. The first-order valence-electron chi connectivity index (χ1n) is 6.44. The number of amides is 1. The number of hydrogen-bond acceptors (Lipinski definition) is 3. The summed E-state index contributed by atoms with van der Waals surface area (Å²) in [4.78, 5) is 23.3. The van der Waals surface area contributed by atoms with Crippen molar-refractivity contribution in [3.63, 3.8) is 0 Å². The second kappa shape index (κ2) is 7.35. The van der Waals surface area contributed by atoms with Crippen LogP contribution in [0.5, 0.6) is 5.75 Å². The molecule has 0 aromatic heterocycles. The van der Waals surface area contributed by atoms with Gasteiger partial charge in [0.15, 0.2) is 12.4 Å². The fraction of sp³-hybridized carbons (Fsp3) is 0.125. The van der Waals surface area contributed by atoms with E-state index < -0.39 is 5.82 Å². The van der Waals surface area contributed by atoms with E-state index in [1.54, 1.807) is 6.07 Å². The van der Waals surface area contributed by atoms with Crippen LogP contribution in [0.2, 0.25) is 0 Å². The average Bonchev–Trinajstić information content (AvgIpc) is 2.45. The van der Waals surface area contributed by atoms with Gasteiger partial charge in [0.2, 0.25) is 0 Å². The molecule has 114 valence electrons. The molecule has 2 aromatic carbocycles. The molecule has 0 unspecified atom stereocenters. The molecule has 0 aliphatic heterocycles. The predicted molar refractivity (Wildman–Crippen MR) is 89.7 cm³/mol. The number of anilines is 1. The summed E-state index contributed by atoms with van der Waals surface area (Å²) in [5.74, 6) is -1.03. The van der Waals surface area contributed by atoms with Crippen molar-refractivity contribution in [2.75, 3.05) is 11.9 Å². The fourth-order valence-corrected chi connectivity index (χ4v) is 2.35. The molecule has 2 aromatic rings. The van der Waals surface area contributed by atoms with E-state index in [9.17, 15) is 14.0 Å². The summed E-state index contributed by atoms with van der Waals surface area (Å²) in [5, 5.41) is 2.69. The molecule has 4 nitrogen and oxygen atoms in total. The number of Topliss-reactive ketones (excluding diaryl/α,β-unsaturated/α-hetero) is 1. The smallest absolute Gasteiger partial charge is 0.262 e. The predicted octanol–water partition coefficient (Wildman–Crippen LogP) is 3.65. The topological polar surface area (TPSA) is 55.4 Å². The van der Waals surface area contributed by atoms with Gasteiger partial charge in [-0.2, -0.15) is 0 Å². The van der Waals surface area contributed by atoms with Crippen molar-refractivity contribution in [2.24, 2.45) is 0 Å². The number of benzene rings is 2. The first kappa shape index (κ1) is 16.4. The van der Waals surface area contributed by atoms with Gasteiger partial charge in [0.1, 0.15) is 11.6 Å². The SMILES string of the molecule is CC(=O)c1cc(F)ccc1OCC(=O)Nc1cccc(I)c1. The number of hydrogen-bond donors (Lipinski definition) is 1. The highest BCUT2D eigenvalue weighted by Crippen LogP contribution is 2.20. The van der Waals surface area contributed by atoms with Gasteiger partial charge in [0.05, 0.1) is 5.56 Å². The molecule has 0 saturated carbocycles. The molecule has 1 amide bonds. The van der Waals surface area contributed by atoms with E-state index in [0.29, 0.717) is 5.69 Å². The second-order valence-corrected chi connectivity index (χ2v) is 5.79. The van der Waals surface area contributed by atoms with E-state index in [4.69, 9.17) is 4.74 Å². The molecular weight excluding hydrogens is 400 g/mol. The van der Waals surface area contributed by atoms with E-state index in [-0.39, 0.29) is 29.6 Å². The maximum Gasteiger partial charge on any atom is 0.262 e. The first-order valence-corrected chi connectivity index (χ1v) is 7.52. The second-order valence-electron chi connectivity index (χ2n) is 4.54. The van der Waals surface area contributed by atoms with Crippen molar-refractivity contribution in [1.29, 1.82) is 0 Å². The minimum Gasteiger partial charge on any atom is -0.483 e. The molecule has 0 aliphatic carbocycles. The third-order valence-electron chi connectivity index (χ3n) is 2.79. The van der Waals surface area contributed by atoms with Crippen LogP contribution in [0.15, 0.2) is 42.5 Å². The molecule has 6 heteroatoms. The zero-order chi connectivity index (χ0) is 16.1. The summed E-state index contributed by atoms with van der Waals surface area (Å²) in [7, 11) is 0. The Hall–Kier alpha value is -1.96. The van der Waals surface area contributed by atoms with Crippen LogP contribution < -0.4 is 10.1 Å². The van der Waals surface area contributed by atoms with Gasteiger partial charge in [0, 0.05) is 9.26 Å². The standard InChI is InChI=1S/C16H13FINO3/c1-10(20)14-7-11(17)5-6-15(14)22-9-16(21)19-13-4-2-3-12(18)8-13/h2-8H,9H2,1H3,(H,19,21). The van der Waals surface area contributed by atoms with Crippen LogP contribution in [0.3, 0.4) is 0 Å². The lowest BCUT2D eigenvalue weighted by atomic mass is 10.1. The van der Waals surface area contributed by atoms with Crippen molar-refractivity contribution in [2.45, 2.75) is 6.92 Å². The quantitative estimate of drug-likeness (QED) is 0.602. The number of ketones is 1. The molecule has 0 bridgehead atoms. The number of carbonyl (C=O) groups is 2. The fourth-order valence-electron chi connectivity index (χ4n) is 1.81. The van der Waals surface area contributed by atoms with Crippen LogP contribution in [-0.2, 0) is 4.79 Å². The largest absolute Gasteiger partial charge is 0.483 e. The molecule has 0 fully saturated rings. The molecule has 0 atom stereocenters. The van der Waals surface area contributed by atoms with Crippen molar-refractivity contribution >= 4 is 40.0 Å². The Labute approximate surface area is 140 Å². The summed E-state index contributed by atoms with van der Waals surface area (Å²) in [6, 6.07) is 10.9. The molecule has 0 radical (unpaired) electrons. The number of nitrogens with one attached hydrogen (secondary N) is 1. The molecule has 0 spiro atoms. The summed E-state index contributed by atoms with van der Waals surface area (Å²) >= 11 is 2.14. The normalized spacial score (nSPS) is 10.1. The van der Waals surface area contributed by atoms with Gasteiger partial charge in [-0.3, -0.25) is 9.59 Å². The lowest BCUT2D eigenvalue weighted by molar-refractivity contribution is -0.118. The summed E-state index contributed by atoms with van der Waals surface area (Å²) in [6.07, 6.45) is 0. The first-order chi connectivity index (χ1) is 10.5.